The molecule has 1 rings (SSSR count). The summed E-state index contributed by atoms with van der Waals surface area (Å²) < 4.78 is 0. The maximum absolute atomic E-state index is 11.8. The fraction of sp³-hybridized carbons (Fsp3) is 0.333. The van der Waals surface area contributed by atoms with Gasteiger partial charge < -0.3 is 15.3 Å². The van der Waals surface area contributed by atoms with Crippen molar-refractivity contribution in [2.75, 3.05) is 0 Å². The Labute approximate surface area is 109 Å². The van der Waals surface area contributed by atoms with E-state index in [2.05, 4.69) is 0 Å². The molecule has 0 aliphatic heterocycles. The van der Waals surface area contributed by atoms with Crippen LogP contribution in [0, 0.1) is 6.92 Å². The molecule has 0 unspecified atom stereocenters. The van der Waals surface area contributed by atoms with Gasteiger partial charge in [0.05, 0.1) is 10.6 Å². The fourth-order valence-electron chi connectivity index (χ4n) is 1.64. The van der Waals surface area contributed by atoms with Crippen molar-refractivity contribution in [2.24, 2.45) is 0 Å². The van der Waals surface area contributed by atoms with Gasteiger partial charge in [0.15, 0.2) is 5.78 Å². The van der Waals surface area contributed by atoms with Crippen molar-refractivity contribution >= 4 is 23.4 Å². The molecule has 1 aromatic carbocycles. The first-order valence-electron chi connectivity index (χ1n) is 5.30. The van der Waals surface area contributed by atoms with Crippen LogP contribution >= 0.6 is 11.6 Å². The minimum absolute atomic E-state index is 0.00179. The van der Waals surface area contributed by atoms with Crippen LogP contribution in [0.3, 0.4) is 0 Å². The molecule has 0 fully saturated rings. The number of hydrogen-bond donors (Lipinski definition) is 3. The Bertz CT molecular complexity index is 496. The number of carboxylic acid groups (broad SMARTS) is 1. The van der Waals surface area contributed by atoms with Crippen LogP contribution in [-0.2, 0) is 4.79 Å². The van der Waals surface area contributed by atoms with Crippen LogP contribution in [0.1, 0.15) is 35.2 Å². The number of halogens is 1. The minimum Gasteiger partial charge on any atom is -0.507 e. The monoisotopic (exact) mass is 272 g/mol. The van der Waals surface area contributed by atoms with E-state index >= 15 is 0 Å². The summed E-state index contributed by atoms with van der Waals surface area (Å²) in [7, 11) is 0. The summed E-state index contributed by atoms with van der Waals surface area (Å²) in [6.07, 6.45) is 0.0741. The van der Waals surface area contributed by atoms with Crippen molar-refractivity contribution in [3.8, 4) is 11.5 Å². The molecule has 0 aliphatic rings. The summed E-state index contributed by atoms with van der Waals surface area (Å²) >= 11 is 5.78. The molecule has 0 saturated heterocycles. The number of carbonyl (C=O) groups is 2. The number of carboxylic acids is 1. The highest BCUT2D eigenvalue weighted by Gasteiger charge is 2.19. The number of phenols is 2. The molecule has 0 aromatic heterocycles. The number of phenolic OH excluding ortho intramolecular Hbond substituents is 2. The average molecular weight is 273 g/mol. The molecule has 0 saturated carbocycles. The lowest BCUT2D eigenvalue weighted by Gasteiger charge is -2.10. The Morgan fingerprint density at radius 1 is 1.22 bits per heavy atom. The molecule has 5 nitrogen and oxygen atoms in total. The second kappa shape index (κ2) is 5.73. The molecule has 0 heterocycles. The Balaban J connectivity index is 2.92. The third-order valence-electron chi connectivity index (χ3n) is 2.53. The van der Waals surface area contributed by atoms with E-state index in [1.807, 2.05) is 0 Å². The molecule has 0 spiro atoms. The van der Waals surface area contributed by atoms with E-state index < -0.39 is 11.8 Å². The van der Waals surface area contributed by atoms with E-state index in [9.17, 15) is 19.8 Å². The van der Waals surface area contributed by atoms with Crippen LogP contribution in [0.5, 0.6) is 11.5 Å². The highest BCUT2D eigenvalue weighted by molar-refractivity contribution is 6.33. The quantitative estimate of drug-likeness (QED) is 0.716. The van der Waals surface area contributed by atoms with Crippen LogP contribution in [0.25, 0.3) is 0 Å². The summed E-state index contributed by atoms with van der Waals surface area (Å²) in [5.74, 6) is -2.02. The van der Waals surface area contributed by atoms with Crippen LogP contribution in [-0.4, -0.2) is 27.1 Å². The van der Waals surface area contributed by atoms with Crippen molar-refractivity contribution in [1.82, 2.24) is 0 Å². The van der Waals surface area contributed by atoms with Gasteiger partial charge in [-0.1, -0.05) is 11.6 Å². The molecule has 18 heavy (non-hydrogen) atoms. The predicted octanol–water partition coefficient (Wildman–Crippen LogP) is 2.50. The Morgan fingerprint density at radius 3 is 2.39 bits per heavy atom. The summed E-state index contributed by atoms with van der Waals surface area (Å²) in [4.78, 5) is 22.2. The molecule has 0 amide bonds. The number of aromatic hydroxyl groups is 2. The van der Waals surface area contributed by atoms with Gasteiger partial charge in [0.1, 0.15) is 11.5 Å². The second-order valence-corrected chi connectivity index (χ2v) is 4.28. The number of Topliss-reactive ketones (excluding diaryl/α,β-unsaturated/α-hetero) is 1. The first kappa shape index (κ1) is 14.3. The molecule has 98 valence electrons. The molecule has 0 radical (unpaired) electrons. The normalized spacial score (nSPS) is 10.3. The zero-order chi connectivity index (χ0) is 13.9. The van der Waals surface area contributed by atoms with Crippen LogP contribution in [0.15, 0.2) is 6.07 Å². The van der Waals surface area contributed by atoms with E-state index in [0.717, 1.165) is 6.07 Å². The molecular formula is C12H13ClO5. The maximum Gasteiger partial charge on any atom is 0.303 e. The summed E-state index contributed by atoms with van der Waals surface area (Å²) in [5, 5.41) is 27.5. The smallest absolute Gasteiger partial charge is 0.303 e. The first-order chi connectivity index (χ1) is 8.34. The van der Waals surface area contributed by atoms with Gasteiger partial charge in [-0.25, -0.2) is 0 Å². The van der Waals surface area contributed by atoms with E-state index in [1.165, 1.54) is 6.92 Å². The lowest BCUT2D eigenvalue weighted by atomic mass is 9.99. The molecule has 0 atom stereocenters. The van der Waals surface area contributed by atoms with Gasteiger partial charge in [0.25, 0.3) is 0 Å². The van der Waals surface area contributed by atoms with Crippen LogP contribution in [0.4, 0.5) is 0 Å². The minimum atomic E-state index is -0.979. The molecule has 1 aromatic rings. The highest BCUT2D eigenvalue weighted by Crippen LogP contribution is 2.36. The molecular weight excluding hydrogens is 260 g/mol. The standard InChI is InChI=1S/C12H13ClO5/c1-6-11(7(14)3-2-4-10(17)18)8(15)5-9(16)12(6)13/h5,15-16H,2-4H2,1H3,(H,17,18). The average Bonchev–Trinajstić information content (AvgIpc) is 2.25. The third-order valence-corrected chi connectivity index (χ3v) is 3.01. The van der Waals surface area contributed by atoms with Crippen molar-refractivity contribution < 1.29 is 24.9 Å². The number of hydrogen-bond acceptors (Lipinski definition) is 4. The van der Waals surface area contributed by atoms with Gasteiger partial charge in [-0.15, -0.1) is 0 Å². The molecule has 3 N–H and O–H groups in total. The molecule has 0 bridgehead atoms. The summed E-state index contributed by atoms with van der Waals surface area (Å²) in [6, 6.07) is 1.000. The molecule has 0 aliphatic carbocycles. The van der Waals surface area contributed by atoms with E-state index in [0.29, 0.717) is 0 Å². The second-order valence-electron chi connectivity index (χ2n) is 3.90. The zero-order valence-corrected chi connectivity index (χ0v) is 10.5. The van der Waals surface area contributed by atoms with E-state index in [1.54, 1.807) is 0 Å². The van der Waals surface area contributed by atoms with Crippen molar-refractivity contribution in [3.63, 3.8) is 0 Å². The van der Waals surface area contributed by atoms with Crippen molar-refractivity contribution in [1.29, 1.82) is 0 Å². The Morgan fingerprint density at radius 2 is 1.83 bits per heavy atom. The lowest BCUT2D eigenvalue weighted by Crippen LogP contribution is -2.04. The summed E-state index contributed by atoms with van der Waals surface area (Å²) in [5.41, 5.74) is 0.317. The van der Waals surface area contributed by atoms with Gasteiger partial charge in [-0.3, -0.25) is 9.59 Å². The number of ketones is 1. The van der Waals surface area contributed by atoms with Gasteiger partial charge >= 0.3 is 5.97 Å². The van der Waals surface area contributed by atoms with Gasteiger partial charge in [0, 0.05) is 18.9 Å². The molecule has 6 heteroatoms. The van der Waals surface area contributed by atoms with Gasteiger partial charge in [-0.2, -0.15) is 0 Å². The number of benzene rings is 1. The number of carbonyl (C=O) groups excluding carboxylic acids is 1. The third kappa shape index (κ3) is 3.13. The predicted molar refractivity (Wildman–Crippen MR) is 65.3 cm³/mol. The van der Waals surface area contributed by atoms with Crippen LogP contribution < -0.4 is 0 Å². The van der Waals surface area contributed by atoms with Gasteiger partial charge in [-0.05, 0) is 18.9 Å². The SMILES string of the molecule is Cc1c(Cl)c(O)cc(O)c1C(=O)CCCC(=O)O. The van der Waals surface area contributed by atoms with Crippen molar-refractivity contribution in [3.05, 3.63) is 22.2 Å². The number of aliphatic carboxylic acids is 1. The highest BCUT2D eigenvalue weighted by atomic mass is 35.5. The number of rotatable bonds is 5. The zero-order valence-electron chi connectivity index (χ0n) is 9.73. The van der Waals surface area contributed by atoms with Gasteiger partial charge in [0.2, 0.25) is 0 Å². The van der Waals surface area contributed by atoms with E-state index in [-0.39, 0.29) is 46.9 Å². The lowest BCUT2D eigenvalue weighted by molar-refractivity contribution is -0.137. The Hall–Kier alpha value is -1.75. The first-order valence-corrected chi connectivity index (χ1v) is 5.68. The van der Waals surface area contributed by atoms with Crippen LogP contribution in [0.2, 0.25) is 5.02 Å². The topological polar surface area (TPSA) is 94.8 Å². The maximum atomic E-state index is 11.8. The fourth-order valence-corrected chi connectivity index (χ4v) is 1.79. The summed E-state index contributed by atoms with van der Waals surface area (Å²) in [6.45, 7) is 1.51. The van der Waals surface area contributed by atoms with E-state index in [4.69, 9.17) is 16.7 Å². The van der Waals surface area contributed by atoms with Crippen molar-refractivity contribution in [2.45, 2.75) is 26.2 Å². The largest absolute Gasteiger partial charge is 0.507 e. The Kier molecular flexibility index (Phi) is 4.55.